The molecule has 21 heavy (non-hydrogen) atoms. The molecule has 2 atom stereocenters. The minimum atomic E-state index is 0.223. The Morgan fingerprint density at radius 2 is 2.10 bits per heavy atom. The second-order valence-electron chi connectivity index (χ2n) is 5.86. The summed E-state index contributed by atoms with van der Waals surface area (Å²) in [6.45, 7) is 5.12. The number of benzene rings is 1. The molecule has 2 heterocycles. The van der Waals surface area contributed by atoms with Gasteiger partial charge in [0.25, 0.3) is 0 Å². The van der Waals surface area contributed by atoms with E-state index in [0.29, 0.717) is 5.92 Å². The first-order chi connectivity index (χ1) is 10.3. The maximum Gasteiger partial charge on any atom is 0.0928 e. The lowest BCUT2D eigenvalue weighted by Gasteiger charge is -2.15. The molecule has 1 aromatic heterocycles. The second-order valence-corrected chi connectivity index (χ2v) is 6.80. The van der Waals surface area contributed by atoms with Crippen LogP contribution >= 0.6 is 11.3 Å². The van der Waals surface area contributed by atoms with Gasteiger partial charge in [-0.25, -0.2) is 4.98 Å². The summed E-state index contributed by atoms with van der Waals surface area (Å²) in [5.74, 6) is 0.444. The van der Waals surface area contributed by atoms with Gasteiger partial charge in [0.05, 0.1) is 10.7 Å². The van der Waals surface area contributed by atoms with E-state index in [0.717, 1.165) is 32.5 Å². The smallest absolute Gasteiger partial charge is 0.0928 e. The summed E-state index contributed by atoms with van der Waals surface area (Å²) in [5.41, 5.74) is 8.91. The predicted molar refractivity (Wildman–Crippen MR) is 88.5 cm³/mol. The second kappa shape index (κ2) is 6.69. The Morgan fingerprint density at radius 3 is 2.86 bits per heavy atom. The van der Waals surface area contributed by atoms with Gasteiger partial charge in [0.15, 0.2) is 0 Å². The Hall–Kier alpha value is -1.23. The van der Waals surface area contributed by atoms with Gasteiger partial charge in [0.1, 0.15) is 0 Å². The zero-order valence-electron chi connectivity index (χ0n) is 12.5. The van der Waals surface area contributed by atoms with E-state index < -0.39 is 0 Å². The zero-order chi connectivity index (χ0) is 14.7. The first-order valence-electron chi connectivity index (χ1n) is 7.72. The van der Waals surface area contributed by atoms with E-state index in [4.69, 9.17) is 10.7 Å². The maximum atomic E-state index is 6.35. The molecule has 0 bridgehead atoms. The monoisotopic (exact) mass is 301 g/mol. The molecule has 2 N–H and O–H groups in total. The van der Waals surface area contributed by atoms with Crippen molar-refractivity contribution >= 4 is 11.3 Å². The Kier molecular flexibility index (Phi) is 4.68. The molecule has 3 rings (SSSR count). The summed E-state index contributed by atoms with van der Waals surface area (Å²) in [6.07, 6.45) is 2.26. The van der Waals surface area contributed by atoms with Gasteiger partial charge in [-0.2, -0.15) is 0 Å². The van der Waals surface area contributed by atoms with Crippen molar-refractivity contribution < 1.29 is 0 Å². The molecule has 0 amide bonds. The lowest BCUT2D eigenvalue weighted by molar-refractivity contribution is 0.320. The summed E-state index contributed by atoms with van der Waals surface area (Å²) in [7, 11) is 0. The van der Waals surface area contributed by atoms with Crippen molar-refractivity contribution in [3.63, 3.8) is 0 Å². The minimum absolute atomic E-state index is 0.223. The molecule has 1 aliphatic heterocycles. The molecule has 0 unspecified atom stereocenters. The molecule has 4 heteroatoms. The normalized spacial score (nSPS) is 22.8. The van der Waals surface area contributed by atoms with Crippen molar-refractivity contribution in [2.75, 3.05) is 13.1 Å². The van der Waals surface area contributed by atoms with E-state index in [1.54, 1.807) is 11.3 Å². The van der Waals surface area contributed by atoms with E-state index in [1.807, 2.05) is 0 Å². The minimum Gasteiger partial charge on any atom is -0.326 e. The number of hydrogen-bond donors (Lipinski definition) is 1. The summed E-state index contributed by atoms with van der Waals surface area (Å²) >= 11 is 1.79. The third-order valence-electron chi connectivity index (χ3n) is 4.12. The molecule has 1 saturated heterocycles. The molecule has 0 radical (unpaired) electrons. The molecular formula is C17H23N3S. The maximum absolute atomic E-state index is 6.35. The fraction of sp³-hybridized carbons (Fsp3) is 0.471. The largest absolute Gasteiger partial charge is 0.326 e. The van der Waals surface area contributed by atoms with Gasteiger partial charge in [-0.15, -0.1) is 11.3 Å². The molecule has 0 aliphatic carbocycles. The van der Waals surface area contributed by atoms with Gasteiger partial charge in [0.2, 0.25) is 0 Å². The molecule has 2 aromatic rings. The van der Waals surface area contributed by atoms with E-state index >= 15 is 0 Å². The summed E-state index contributed by atoms with van der Waals surface area (Å²) in [4.78, 5) is 7.16. The predicted octanol–water partition coefficient (Wildman–Crippen LogP) is 3.02. The van der Waals surface area contributed by atoms with E-state index in [1.165, 1.54) is 16.3 Å². The molecular weight excluding hydrogens is 278 g/mol. The highest BCUT2D eigenvalue weighted by molar-refractivity contribution is 7.09. The zero-order valence-corrected chi connectivity index (χ0v) is 13.4. The Balaban J connectivity index is 1.63. The fourth-order valence-corrected chi connectivity index (χ4v) is 3.97. The van der Waals surface area contributed by atoms with Gasteiger partial charge < -0.3 is 5.73 Å². The highest BCUT2D eigenvalue weighted by Gasteiger charge is 2.31. The number of nitrogens with two attached hydrogens (primary N) is 1. The molecule has 1 aromatic carbocycles. The first-order valence-corrected chi connectivity index (χ1v) is 8.60. The lowest BCUT2D eigenvalue weighted by Crippen LogP contribution is -2.28. The van der Waals surface area contributed by atoms with Crippen LogP contribution in [0.1, 0.15) is 35.5 Å². The molecule has 0 spiro atoms. The fourth-order valence-electron chi connectivity index (χ4n) is 3.07. The number of hydrogen-bond acceptors (Lipinski definition) is 4. The van der Waals surface area contributed by atoms with Gasteiger partial charge in [-0.05, 0) is 18.4 Å². The Labute approximate surface area is 130 Å². The Bertz CT molecular complexity index is 566. The quantitative estimate of drug-likeness (QED) is 0.923. The van der Waals surface area contributed by atoms with Crippen molar-refractivity contribution in [2.24, 2.45) is 5.73 Å². The number of rotatable bonds is 5. The number of nitrogens with zero attached hydrogens (tertiary/aromatic N) is 2. The van der Waals surface area contributed by atoms with Crippen LogP contribution in [-0.4, -0.2) is 29.0 Å². The summed E-state index contributed by atoms with van der Waals surface area (Å²) in [6, 6.07) is 10.9. The number of aryl methyl sites for hydroxylation is 1. The van der Waals surface area contributed by atoms with Gasteiger partial charge in [0, 0.05) is 37.0 Å². The van der Waals surface area contributed by atoms with Crippen LogP contribution < -0.4 is 5.73 Å². The first kappa shape index (κ1) is 14.7. The van der Waals surface area contributed by atoms with Gasteiger partial charge in [-0.3, -0.25) is 4.90 Å². The topological polar surface area (TPSA) is 42.2 Å². The van der Waals surface area contributed by atoms with Crippen LogP contribution in [0, 0.1) is 0 Å². The van der Waals surface area contributed by atoms with Crippen molar-refractivity contribution in [2.45, 2.75) is 38.3 Å². The highest BCUT2D eigenvalue weighted by Crippen LogP contribution is 2.27. The molecule has 1 aliphatic rings. The third-order valence-corrected chi connectivity index (χ3v) is 5.07. The lowest BCUT2D eigenvalue weighted by atomic mass is 9.95. The molecule has 1 fully saturated rings. The van der Waals surface area contributed by atoms with E-state index in [2.05, 4.69) is 47.5 Å². The van der Waals surface area contributed by atoms with Crippen molar-refractivity contribution in [3.05, 3.63) is 52.0 Å². The molecule has 3 nitrogen and oxygen atoms in total. The Morgan fingerprint density at radius 1 is 1.29 bits per heavy atom. The standard InChI is InChI=1S/C17H23N3S/c1-2-6-17-19-14(12-21-17)9-20-10-15(16(18)11-20)13-7-4-3-5-8-13/h3-5,7-8,12,15-16H,2,6,9-11,18H2,1H3/t15-,16+/m0/s1. The molecule has 0 saturated carbocycles. The van der Waals surface area contributed by atoms with Crippen molar-refractivity contribution in [1.82, 2.24) is 9.88 Å². The van der Waals surface area contributed by atoms with Gasteiger partial charge in [-0.1, -0.05) is 37.3 Å². The van der Waals surface area contributed by atoms with Crippen LogP contribution in [0.2, 0.25) is 0 Å². The van der Waals surface area contributed by atoms with Crippen LogP contribution in [0.25, 0.3) is 0 Å². The van der Waals surface area contributed by atoms with Crippen LogP contribution in [0.4, 0.5) is 0 Å². The summed E-state index contributed by atoms with van der Waals surface area (Å²) in [5, 5.41) is 3.46. The van der Waals surface area contributed by atoms with Crippen molar-refractivity contribution in [3.8, 4) is 0 Å². The SMILES string of the molecule is CCCc1nc(CN2C[C@@H](N)[C@H](c3ccccc3)C2)cs1. The summed E-state index contributed by atoms with van der Waals surface area (Å²) < 4.78 is 0. The van der Waals surface area contributed by atoms with Crippen LogP contribution in [-0.2, 0) is 13.0 Å². The van der Waals surface area contributed by atoms with Crippen LogP contribution in [0.15, 0.2) is 35.7 Å². The van der Waals surface area contributed by atoms with Crippen LogP contribution in [0.5, 0.6) is 0 Å². The average molecular weight is 301 g/mol. The molecule has 112 valence electrons. The van der Waals surface area contributed by atoms with Crippen LogP contribution in [0.3, 0.4) is 0 Å². The highest BCUT2D eigenvalue weighted by atomic mass is 32.1. The van der Waals surface area contributed by atoms with Crippen molar-refractivity contribution in [1.29, 1.82) is 0 Å². The average Bonchev–Trinajstić information content (AvgIpc) is 3.07. The number of thiazole rings is 1. The van der Waals surface area contributed by atoms with Gasteiger partial charge >= 0.3 is 0 Å². The van der Waals surface area contributed by atoms with E-state index in [-0.39, 0.29) is 6.04 Å². The van der Waals surface area contributed by atoms with E-state index in [9.17, 15) is 0 Å². The number of aromatic nitrogens is 1. The number of likely N-dealkylation sites (tertiary alicyclic amines) is 1. The third kappa shape index (κ3) is 3.51.